The molecule has 0 radical (unpaired) electrons. The largest absolute Gasteiger partial charge is 0.396 e. The Balaban J connectivity index is 2.10. The highest BCUT2D eigenvalue weighted by atomic mass is 16.3. The summed E-state index contributed by atoms with van der Waals surface area (Å²) >= 11 is 0. The maximum absolute atomic E-state index is 12.3. The number of aliphatic hydroxyl groups excluding tert-OH is 1. The van der Waals surface area contributed by atoms with E-state index in [0.717, 1.165) is 22.3 Å². The van der Waals surface area contributed by atoms with Gasteiger partial charge in [0.2, 0.25) is 0 Å². The van der Waals surface area contributed by atoms with Gasteiger partial charge in [-0.1, -0.05) is 48.0 Å². The topological polar surface area (TPSA) is 78.4 Å². The summed E-state index contributed by atoms with van der Waals surface area (Å²) in [5.41, 5.74) is 4.43. The molecule has 2 rings (SSSR count). The molecule has 1 unspecified atom stereocenters. The van der Waals surface area contributed by atoms with Crippen LogP contribution < -0.4 is 10.6 Å². The van der Waals surface area contributed by atoms with Gasteiger partial charge in [-0.3, -0.25) is 9.59 Å². The number of carbonyl (C=O) groups excluding carboxylic acids is 2. The first-order chi connectivity index (χ1) is 11.9. The molecule has 0 heterocycles. The summed E-state index contributed by atoms with van der Waals surface area (Å²) in [6, 6.07) is 12.8. The monoisotopic (exact) mass is 340 g/mol. The van der Waals surface area contributed by atoms with Gasteiger partial charge in [-0.05, 0) is 43.9 Å². The van der Waals surface area contributed by atoms with E-state index < -0.39 is 17.9 Å². The van der Waals surface area contributed by atoms with Crippen molar-refractivity contribution in [1.82, 2.24) is 5.32 Å². The third kappa shape index (κ3) is 4.90. The van der Waals surface area contributed by atoms with E-state index in [4.69, 9.17) is 0 Å². The molecule has 0 saturated heterocycles. The van der Waals surface area contributed by atoms with Crippen LogP contribution in [0.3, 0.4) is 0 Å². The smallest absolute Gasteiger partial charge is 0.313 e. The number of nitrogens with one attached hydrogen (secondary N) is 2. The molecule has 0 aromatic heterocycles. The Labute approximate surface area is 148 Å². The van der Waals surface area contributed by atoms with E-state index in [-0.39, 0.29) is 6.61 Å². The lowest BCUT2D eigenvalue weighted by molar-refractivity contribution is -0.136. The fourth-order valence-electron chi connectivity index (χ4n) is 2.91. The summed E-state index contributed by atoms with van der Waals surface area (Å²) in [6.07, 6.45) is 0.339. The van der Waals surface area contributed by atoms with Gasteiger partial charge >= 0.3 is 11.8 Å². The number of aryl methyl sites for hydroxylation is 3. The minimum absolute atomic E-state index is 0.0857. The molecule has 5 nitrogen and oxygen atoms in total. The fraction of sp³-hybridized carbons (Fsp3) is 0.300. The van der Waals surface area contributed by atoms with E-state index in [1.54, 1.807) is 0 Å². The van der Waals surface area contributed by atoms with Gasteiger partial charge in [0.15, 0.2) is 0 Å². The highest BCUT2D eigenvalue weighted by molar-refractivity contribution is 6.39. The Morgan fingerprint density at radius 1 is 1.00 bits per heavy atom. The second-order valence-corrected chi connectivity index (χ2v) is 6.18. The van der Waals surface area contributed by atoms with Crippen LogP contribution in [0.4, 0.5) is 5.69 Å². The predicted molar refractivity (Wildman–Crippen MR) is 98.3 cm³/mol. The highest BCUT2D eigenvalue weighted by Gasteiger charge is 2.20. The van der Waals surface area contributed by atoms with Crippen molar-refractivity contribution in [3.63, 3.8) is 0 Å². The maximum atomic E-state index is 12.3. The lowest BCUT2D eigenvalue weighted by atomic mass is 10.0. The number of carbonyl (C=O) groups is 2. The molecule has 2 aromatic carbocycles. The second-order valence-electron chi connectivity index (χ2n) is 6.18. The molecule has 132 valence electrons. The number of hydrogen-bond acceptors (Lipinski definition) is 3. The number of aliphatic hydroxyl groups is 1. The molecule has 2 amide bonds. The van der Waals surface area contributed by atoms with Crippen molar-refractivity contribution in [1.29, 1.82) is 0 Å². The average molecular weight is 340 g/mol. The van der Waals surface area contributed by atoms with Crippen LogP contribution in [0.5, 0.6) is 0 Å². The van der Waals surface area contributed by atoms with Crippen LogP contribution in [0.2, 0.25) is 0 Å². The lowest BCUT2D eigenvalue weighted by Gasteiger charge is -2.18. The van der Waals surface area contributed by atoms with Gasteiger partial charge in [-0.2, -0.15) is 0 Å². The van der Waals surface area contributed by atoms with Gasteiger partial charge in [0.1, 0.15) is 0 Å². The molecule has 0 aliphatic heterocycles. The van der Waals surface area contributed by atoms with Crippen molar-refractivity contribution in [3.05, 3.63) is 64.7 Å². The van der Waals surface area contributed by atoms with E-state index in [2.05, 4.69) is 10.6 Å². The summed E-state index contributed by atoms with van der Waals surface area (Å²) in [5, 5.41) is 14.6. The highest BCUT2D eigenvalue weighted by Crippen LogP contribution is 2.22. The Morgan fingerprint density at radius 3 is 2.16 bits per heavy atom. The van der Waals surface area contributed by atoms with E-state index in [0.29, 0.717) is 12.1 Å². The zero-order valence-electron chi connectivity index (χ0n) is 14.8. The van der Waals surface area contributed by atoms with Crippen LogP contribution >= 0.6 is 0 Å². The Kier molecular flexibility index (Phi) is 6.31. The Bertz CT molecular complexity index is 734. The van der Waals surface area contributed by atoms with Crippen LogP contribution in [-0.2, 0) is 9.59 Å². The normalized spacial score (nSPS) is 11.7. The number of benzene rings is 2. The minimum Gasteiger partial charge on any atom is -0.396 e. The van der Waals surface area contributed by atoms with Crippen molar-refractivity contribution in [2.45, 2.75) is 33.2 Å². The Morgan fingerprint density at radius 2 is 1.60 bits per heavy atom. The molecule has 0 saturated carbocycles. The molecule has 0 spiro atoms. The predicted octanol–water partition coefficient (Wildman–Crippen LogP) is 2.79. The summed E-state index contributed by atoms with van der Waals surface area (Å²) in [5.74, 6) is -1.43. The quantitative estimate of drug-likeness (QED) is 0.732. The Hall–Kier alpha value is -2.66. The third-order valence-corrected chi connectivity index (χ3v) is 4.05. The first-order valence-electron chi connectivity index (χ1n) is 8.28. The minimum atomic E-state index is -0.721. The van der Waals surface area contributed by atoms with Crippen molar-refractivity contribution in [3.8, 4) is 0 Å². The molecular weight excluding hydrogens is 316 g/mol. The van der Waals surface area contributed by atoms with Crippen LogP contribution in [0.1, 0.15) is 34.7 Å². The van der Waals surface area contributed by atoms with Gasteiger partial charge in [-0.25, -0.2) is 0 Å². The van der Waals surface area contributed by atoms with Gasteiger partial charge in [0, 0.05) is 12.3 Å². The zero-order chi connectivity index (χ0) is 18.4. The molecule has 25 heavy (non-hydrogen) atoms. The molecule has 5 heteroatoms. The van der Waals surface area contributed by atoms with Crippen molar-refractivity contribution >= 4 is 17.5 Å². The molecule has 1 atom stereocenters. The summed E-state index contributed by atoms with van der Waals surface area (Å²) < 4.78 is 0. The molecule has 0 aliphatic carbocycles. The molecule has 0 aliphatic rings. The zero-order valence-corrected chi connectivity index (χ0v) is 14.8. The van der Waals surface area contributed by atoms with E-state index >= 15 is 0 Å². The number of anilines is 1. The lowest BCUT2D eigenvalue weighted by Crippen LogP contribution is -2.38. The van der Waals surface area contributed by atoms with Gasteiger partial charge in [-0.15, -0.1) is 0 Å². The first kappa shape index (κ1) is 18.7. The molecule has 0 bridgehead atoms. The standard InChI is InChI=1S/C20H24N2O3/c1-13-11-14(2)18(15(3)12-13)22-20(25)19(24)21-17(9-10-23)16-7-5-4-6-8-16/h4-8,11-12,17,23H,9-10H2,1-3H3,(H,21,24)(H,22,25). The number of hydrogen-bond donors (Lipinski definition) is 3. The number of amides is 2. The summed E-state index contributed by atoms with van der Waals surface area (Å²) in [7, 11) is 0. The van der Waals surface area contributed by atoms with Gasteiger partial charge in [0.05, 0.1) is 6.04 Å². The van der Waals surface area contributed by atoms with E-state index in [1.807, 2.05) is 63.2 Å². The first-order valence-corrected chi connectivity index (χ1v) is 8.28. The second kappa shape index (κ2) is 8.44. The van der Waals surface area contributed by atoms with E-state index in [1.165, 1.54) is 0 Å². The SMILES string of the molecule is Cc1cc(C)c(NC(=O)C(=O)NC(CCO)c2ccccc2)c(C)c1. The molecular formula is C20H24N2O3. The van der Waals surface area contributed by atoms with Crippen molar-refractivity contribution < 1.29 is 14.7 Å². The summed E-state index contributed by atoms with van der Waals surface area (Å²) in [4.78, 5) is 24.6. The van der Waals surface area contributed by atoms with Gasteiger partial charge in [0.25, 0.3) is 0 Å². The van der Waals surface area contributed by atoms with Crippen LogP contribution in [-0.4, -0.2) is 23.5 Å². The van der Waals surface area contributed by atoms with Crippen molar-refractivity contribution in [2.24, 2.45) is 0 Å². The average Bonchev–Trinajstić information content (AvgIpc) is 2.58. The van der Waals surface area contributed by atoms with Gasteiger partial charge < -0.3 is 15.7 Å². The third-order valence-electron chi connectivity index (χ3n) is 4.05. The molecule has 0 fully saturated rings. The molecule has 3 N–H and O–H groups in total. The van der Waals surface area contributed by atoms with E-state index in [9.17, 15) is 14.7 Å². The number of rotatable bonds is 5. The van der Waals surface area contributed by atoms with Crippen LogP contribution in [0, 0.1) is 20.8 Å². The fourth-order valence-corrected chi connectivity index (χ4v) is 2.91. The van der Waals surface area contributed by atoms with Crippen LogP contribution in [0.25, 0.3) is 0 Å². The van der Waals surface area contributed by atoms with Crippen molar-refractivity contribution in [2.75, 3.05) is 11.9 Å². The maximum Gasteiger partial charge on any atom is 0.313 e. The summed E-state index contributed by atoms with van der Waals surface area (Å²) in [6.45, 7) is 5.69. The molecule has 2 aromatic rings. The van der Waals surface area contributed by atoms with Crippen LogP contribution in [0.15, 0.2) is 42.5 Å².